The smallest absolute Gasteiger partial charge is 0.194 e. The van der Waals surface area contributed by atoms with E-state index < -0.39 is 0 Å². The Morgan fingerprint density at radius 2 is 2.15 bits per heavy atom. The lowest BCUT2D eigenvalue weighted by Gasteiger charge is -2.26. The highest BCUT2D eigenvalue weighted by molar-refractivity contribution is 14.0. The molecule has 0 saturated carbocycles. The number of rotatable bonds is 6. The van der Waals surface area contributed by atoms with Crippen molar-refractivity contribution in [2.45, 2.75) is 25.5 Å². The van der Waals surface area contributed by atoms with Crippen LogP contribution in [0.4, 0.5) is 0 Å². The van der Waals surface area contributed by atoms with Gasteiger partial charge in [-0.1, -0.05) is 35.9 Å². The van der Waals surface area contributed by atoms with Gasteiger partial charge in [0.25, 0.3) is 0 Å². The highest BCUT2D eigenvalue weighted by Crippen LogP contribution is 2.22. The Labute approximate surface area is 184 Å². The first-order valence-electron chi connectivity index (χ1n) is 9.41. The van der Waals surface area contributed by atoms with Gasteiger partial charge in [0.05, 0.1) is 6.54 Å². The maximum absolute atomic E-state index is 6.12. The number of ether oxygens (including phenoxy) is 1. The maximum Gasteiger partial charge on any atom is 0.194 e. The first-order valence-corrected chi connectivity index (χ1v) is 9.79. The number of aliphatic imine (C=N–C) groups is 1. The average Bonchev–Trinajstić information content (AvgIpc) is 3.33. The van der Waals surface area contributed by atoms with Gasteiger partial charge in [0.1, 0.15) is 6.10 Å². The first kappa shape index (κ1) is 22.5. The zero-order valence-electron chi connectivity index (χ0n) is 16.1. The van der Waals surface area contributed by atoms with E-state index in [0.29, 0.717) is 12.6 Å². The standard InChI is InChI=1S/C20H29ClN4O.HI/c1-3-22-20(25-12-9-18(15-25)24-10-4-5-11-24)23-14-19(26-2)16-7-6-8-17(21)13-16;/h4-8,13,18-19H,3,9-12,14-15H2,1-2H3,(H,22,23);1H. The van der Waals surface area contributed by atoms with Gasteiger partial charge in [0.15, 0.2) is 5.96 Å². The van der Waals surface area contributed by atoms with E-state index in [1.807, 2.05) is 24.3 Å². The molecule has 3 rings (SSSR count). The highest BCUT2D eigenvalue weighted by atomic mass is 127. The quantitative estimate of drug-likeness (QED) is 0.278. The Morgan fingerprint density at radius 3 is 2.81 bits per heavy atom. The summed E-state index contributed by atoms with van der Waals surface area (Å²) in [5, 5.41) is 4.16. The Kier molecular flexibility index (Phi) is 9.35. The molecule has 150 valence electrons. The van der Waals surface area contributed by atoms with Gasteiger partial charge < -0.3 is 15.0 Å². The first-order chi connectivity index (χ1) is 12.7. The molecule has 0 aromatic heterocycles. The van der Waals surface area contributed by atoms with Crippen molar-refractivity contribution < 1.29 is 4.74 Å². The lowest BCUT2D eigenvalue weighted by atomic mass is 10.1. The summed E-state index contributed by atoms with van der Waals surface area (Å²) >= 11 is 6.12. The summed E-state index contributed by atoms with van der Waals surface area (Å²) < 4.78 is 5.66. The molecule has 2 atom stereocenters. The Hall–Kier alpha value is -0.830. The van der Waals surface area contributed by atoms with Gasteiger partial charge >= 0.3 is 0 Å². The Balaban J connectivity index is 0.00000261. The molecule has 1 aromatic rings. The molecule has 1 aromatic carbocycles. The fraction of sp³-hybridized carbons (Fsp3) is 0.550. The maximum atomic E-state index is 6.12. The van der Waals surface area contributed by atoms with Gasteiger partial charge in [-0.25, -0.2) is 0 Å². The summed E-state index contributed by atoms with van der Waals surface area (Å²) in [6, 6.07) is 8.43. The molecule has 5 nitrogen and oxygen atoms in total. The molecule has 2 heterocycles. The average molecular weight is 505 g/mol. The number of nitrogens with one attached hydrogen (secondary N) is 1. The fourth-order valence-corrected chi connectivity index (χ4v) is 3.84. The normalized spacial score (nSPS) is 21.4. The van der Waals surface area contributed by atoms with Crippen molar-refractivity contribution in [2.24, 2.45) is 4.99 Å². The van der Waals surface area contributed by atoms with Crippen molar-refractivity contribution >= 4 is 41.5 Å². The summed E-state index contributed by atoms with van der Waals surface area (Å²) in [6.45, 7) is 7.77. The molecular formula is C20H30ClIN4O. The van der Waals surface area contributed by atoms with Gasteiger partial charge in [-0.3, -0.25) is 9.89 Å². The minimum Gasteiger partial charge on any atom is -0.375 e. The number of hydrogen-bond acceptors (Lipinski definition) is 3. The summed E-state index contributed by atoms with van der Waals surface area (Å²) in [6.07, 6.45) is 5.61. The number of methoxy groups -OCH3 is 1. The van der Waals surface area contributed by atoms with Crippen molar-refractivity contribution in [1.29, 1.82) is 0 Å². The molecule has 0 radical (unpaired) electrons. The lowest BCUT2D eigenvalue weighted by Crippen LogP contribution is -2.43. The van der Waals surface area contributed by atoms with Crippen LogP contribution >= 0.6 is 35.6 Å². The van der Waals surface area contributed by atoms with Gasteiger partial charge in [-0.15, -0.1) is 24.0 Å². The van der Waals surface area contributed by atoms with Gasteiger partial charge in [0, 0.05) is 50.9 Å². The molecule has 27 heavy (non-hydrogen) atoms. The van der Waals surface area contributed by atoms with Crippen LogP contribution in [0.5, 0.6) is 0 Å². The number of halogens is 2. The highest BCUT2D eigenvalue weighted by Gasteiger charge is 2.29. The largest absolute Gasteiger partial charge is 0.375 e. The number of likely N-dealkylation sites (tertiary alicyclic amines) is 1. The summed E-state index contributed by atoms with van der Waals surface area (Å²) in [5.74, 6) is 0.978. The second-order valence-electron chi connectivity index (χ2n) is 6.79. The molecule has 0 spiro atoms. The minimum atomic E-state index is -0.0939. The topological polar surface area (TPSA) is 40.1 Å². The van der Waals surface area contributed by atoms with E-state index in [4.69, 9.17) is 21.3 Å². The third-order valence-electron chi connectivity index (χ3n) is 5.07. The molecule has 2 unspecified atom stereocenters. The molecule has 2 aliphatic rings. The van der Waals surface area contributed by atoms with Crippen LogP contribution < -0.4 is 5.32 Å². The van der Waals surface area contributed by atoms with Crippen LogP contribution in [0.1, 0.15) is 25.0 Å². The molecule has 2 aliphatic heterocycles. The van der Waals surface area contributed by atoms with E-state index in [1.165, 1.54) is 6.42 Å². The number of nitrogens with zero attached hydrogens (tertiary/aromatic N) is 3. The summed E-state index contributed by atoms with van der Waals surface area (Å²) in [5.41, 5.74) is 1.06. The van der Waals surface area contributed by atoms with E-state index in [9.17, 15) is 0 Å². The third kappa shape index (κ3) is 6.07. The van der Waals surface area contributed by atoms with Gasteiger partial charge in [0.2, 0.25) is 0 Å². The van der Waals surface area contributed by atoms with Gasteiger partial charge in [-0.05, 0) is 31.0 Å². The SMILES string of the molecule is CCNC(=NCC(OC)c1cccc(Cl)c1)N1CCC(N2CC=CC2)C1.I. The van der Waals surface area contributed by atoms with E-state index in [0.717, 1.165) is 49.3 Å². The van der Waals surface area contributed by atoms with Crippen LogP contribution in [0.2, 0.25) is 5.02 Å². The number of benzene rings is 1. The lowest BCUT2D eigenvalue weighted by molar-refractivity contribution is 0.110. The van der Waals surface area contributed by atoms with E-state index in [2.05, 4.69) is 34.2 Å². The van der Waals surface area contributed by atoms with Crippen molar-refractivity contribution in [1.82, 2.24) is 15.1 Å². The Bertz CT molecular complexity index is 647. The minimum absolute atomic E-state index is 0. The number of hydrogen-bond donors (Lipinski definition) is 1. The molecule has 1 fully saturated rings. The van der Waals surface area contributed by atoms with E-state index in [1.54, 1.807) is 7.11 Å². The monoisotopic (exact) mass is 504 g/mol. The van der Waals surface area contributed by atoms with Crippen molar-refractivity contribution in [3.63, 3.8) is 0 Å². The second kappa shape index (κ2) is 11.2. The van der Waals surface area contributed by atoms with Crippen molar-refractivity contribution in [3.05, 3.63) is 47.0 Å². The van der Waals surface area contributed by atoms with Crippen LogP contribution in [0.15, 0.2) is 41.4 Å². The second-order valence-corrected chi connectivity index (χ2v) is 7.22. The Morgan fingerprint density at radius 1 is 1.37 bits per heavy atom. The molecule has 0 bridgehead atoms. The predicted molar refractivity (Wildman–Crippen MR) is 123 cm³/mol. The predicted octanol–water partition coefficient (Wildman–Crippen LogP) is 3.56. The van der Waals surface area contributed by atoms with Crippen molar-refractivity contribution in [2.75, 3.05) is 46.4 Å². The zero-order chi connectivity index (χ0) is 18.4. The van der Waals surface area contributed by atoms with Crippen LogP contribution in [0.25, 0.3) is 0 Å². The number of guanidine groups is 1. The third-order valence-corrected chi connectivity index (χ3v) is 5.31. The molecule has 1 N–H and O–H groups in total. The van der Waals surface area contributed by atoms with Crippen LogP contribution in [-0.4, -0.2) is 68.2 Å². The fourth-order valence-electron chi connectivity index (χ4n) is 3.64. The summed E-state index contributed by atoms with van der Waals surface area (Å²) in [7, 11) is 1.72. The molecule has 7 heteroatoms. The van der Waals surface area contributed by atoms with Crippen LogP contribution in [0, 0.1) is 0 Å². The molecule has 0 aliphatic carbocycles. The molecular weight excluding hydrogens is 475 g/mol. The van der Waals surface area contributed by atoms with Crippen LogP contribution in [-0.2, 0) is 4.74 Å². The molecule has 1 saturated heterocycles. The molecule has 0 amide bonds. The van der Waals surface area contributed by atoms with Crippen molar-refractivity contribution in [3.8, 4) is 0 Å². The van der Waals surface area contributed by atoms with E-state index >= 15 is 0 Å². The zero-order valence-corrected chi connectivity index (χ0v) is 19.2. The summed E-state index contributed by atoms with van der Waals surface area (Å²) in [4.78, 5) is 9.77. The van der Waals surface area contributed by atoms with E-state index in [-0.39, 0.29) is 30.1 Å². The van der Waals surface area contributed by atoms with Crippen LogP contribution in [0.3, 0.4) is 0 Å². The van der Waals surface area contributed by atoms with Gasteiger partial charge in [-0.2, -0.15) is 0 Å².